The number of hydrogen-bond donors (Lipinski definition) is 1. The number of carbonyl (C=O) groups excluding carboxylic acids is 1. The molecule has 0 aliphatic carbocycles. The first-order chi connectivity index (χ1) is 13.7. The van der Waals surface area contributed by atoms with Gasteiger partial charge in [0.15, 0.2) is 0 Å². The van der Waals surface area contributed by atoms with Crippen molar-refractivity contribution in [2.45, 2.75) is 44.9 Å². The lowest BCUT2D eigenvalue weighted by molar-refractivity contribution is 0.102. The molecule has 1 amide bonds. The molecular formula is C22H28N2O4S. The average Bonchev–Trinajstić information content (AvgIpc) is 2.70. The molecule has 0 spiro atoms. The summed E-state index contributed by atoms with van der Waals surface area (Å²) in [5, 5.41) is 2.93. The zero-order valence-electron chi connectivity index (χ0n) is 17.4. The fraction of sp³-hybridized carbons (Fsp3) is 0.409. The summed E-state index contributed by atoms with van der Waals surface area (Å²) < 4.78 is 32.9. The van der Waals surface area contributed by atoms with Crippen LogP contribution in [0.3, 0.4) is 0 Å². The monoisotopic (exact) mass is 416 g/mol. The van der Waals surface area contributed by atoms with Crippen LogP contribution in [0, 0.1) is 20.8 Å². The van der Waals surface area contributed by atoms with Crippen molar-refractivity contribution in [3.63, 3.8) is 0 Å². The highest BCUT2D eigenvalue weighted by Crippen LogP contribution is 2.28. The van der Waals surface area contributed by atoms with Gasteiger partial charge in [0.05, 0.1) is 17.6 Å². The molecule has 1 heterocycles. The van der Waals surface area contributed by atoms with E-state index in [2.05, 4.69) is 5.32 Å². The van der Waals surface area contributed by atoms with Crippen LogP contribution in [0.15, 0.2) is 35.2 Å². The van der Waals surface area contributed by atoms with E-state index in [1.807, 2.05) is 32.9 Å². The summed E-state index contributed by atoms with van der Waals surface area (Å²) in [6, 6.07) is 8.45. The van der Waals surface area contributed by atoms with Crippen LogP contribution in [0.1, 0.15) is 46.3 Å². The van der Waals surface area contributed by atoms with Gasteiger partial charge in [-0.1, -0.05) is 24.1 Å². The van der Waals surface area contributed by atoms with Gasteiger partial charge in [0, 0.05) is 18.8 Å². The molecule has 0 aromatic heterocycles. The second kappa shape index (κ2) is 8.55. The fourth-order valence-corrected chi connectivity index (χ4v) is 5.38. The third-order valence-electron chi connectivity index (χ3n) is 5.28. The minimum atomic E-state index is -3.64. The molecule has 2 aromatic carbocycles. The van der Waals surface area contributed by atoms with E-state index >= 15 is 0 Å². The van der Waals surface area contributed by atoms with Gasteiger partial charge in [0.2, 0.25) is 10.0 Å². The van der Waals surface area contributed by atoms with Gasteiger partial charge >= 0.3 is 0 Å². The van der Waals surface area contributed by atoms with E-state index in [1.54, 1.807) is 6.07 Å². The fourth-order valence-electron chi connectivity index (χ4n) is 3.84. The Balaban J connectivity index is 1.96. The van der Waals surface area contributed by atoms with Crippen LogP contribution in [0.2, 0.25) is 0 Å². The summed E-state index contributed by atoms with van der Waals surface area (Å²) in [6.07, 6.45) is 2.75. The Morgan fingerprint density at radius 2 is 1.62 bits per heavy atom. The van der Waals surface area contributed by atoms with Crippen molar-refractivity contribution in [1.82, 2.24) is 4.31 Å². The quantitative estimate of drug-likeness (QED) is 0.798. The second-order valence-electron chi connectivity index (χ2n) is 7.55. The number of rotatable bonds is 5. The number of sulfonamides is 1. The number of carbonyl (C=O) groups is 1. The van der Waals surface area contributed by atoms with Crippen molar-refractivity contribution in [2.24, 2.45) is 0 Å². The zero-order valence-corrected chi connectivity index (χ0v) is 18.2. The molecule has 0 unspecified atom stereocenters. The standard InChI is InChI=1S/C22H28N2O4S/c1-15-12-16(2)21(17(3)13-15)23-22(25)19-14-18(8-9-20(19)28-4)29(26,27)24-10-6-5-7-11-24/h8-9,12-14H,5-7,10-11H2,1-4H3,(H,23,25). The minimum Gasteiger partial charge on any atom is -0.496 e. The lowest BCUT2D eigenvalue weighted by Crippen LogP contribution is -2.35. The Labute approximate surface area is 172 Å². The maximum Gasteiger partial charge on any atom is 0.259 e. The Morgan fingerprint density at radius 1 is 1.00 bits per heavy atom. The first-order valence-electron chi connectivity index (χ1n) is 9.81. The van der Waals surface area contributed by atoms with Gasteiger partial charge in [-0.15, -0.1) is 0 Å². The largest absolute Gasteiger partial charge is 0.496 e. The molecule has 0 bridgehead atoms. The van der Waals surface area contributed by atoms with Gasteiger partial charge in [-0.25, -0.2) is 8.42 Å². The summed E-state index contributed by atoms with van der Waals surface area (Å²) in [7, 11) is -2.17. The summed E-state index contributed by atoms with van der Waals surface area (Å²) in [5.41, 5.74) is 3.95. The highest BCUT2D eigenvalue weighted by molar-refractivity contribution is 7.89. The number of hydrogen-bond acceptors (Lipinski definition) is 4. The molecule has 1 aliphatic heterocycles. The topological polar surface area (TPSA) is 75.7 Å². The van der Waals surface area contributed by atoms with Crippen molar-refractivity contribution in [1.29, 1.82) is 0 Å². The Hall–Kier alpha value is -2.38. The van der Waals surface area contributed by atoms with Crippen LogP contribution in [0.25, 0.3) is 0 Å². The first-order valence-corrected chi connectivity index (χ1v) is 11.3. The number of anilines is 1. The van der Waals surface area contributed by atoms with Crippen LogP contribution in [0.5, 0.6) is 5.75 Å². The Morgan fingerprint density at radius 3 is 2.21 bits per heavy atom. The number of nitrogens with zero attached hydrogens (tertiary/aromatic N) is 1. The van der Waals surface area contributed by atoms with E-state index in [0.717, 1.165) is 41.6 Å². The Bertz CT molecular complexity index is 1000. The van der Waals surface area contributed by atoms with E-state index < -0.39 is 15.9 Å². The lowest BCUT2D eigenvalue weighted by Gasteiger charge is -2.26. The molecule has 0 saturated carbocycles. The van der Waals surface area contributed by atoms with Crippen molar-refractivity contribution in [2.75, 3.05) is 25.5 Å². The molecule has 156 valence electrons. The predicted octanol–water partition coefficient (Wildman–Crippen LogP) is 4.05. The van der Waals surface area contributed by atoms with Crippen molar-refractivity contribution in [3.05, 3.63) is 52.6 Å². The SMILES string of the molecule is COc1ccc(S(=O)(=O)N2CCCCC2)cc1C(=O)Nc1c(C)cc(C)cc1C. The number of methoxy groups -OCH3 is 1. The zero-order chi connectivity index (χ0) is 21.2. The normalized spacial score (nSPS) is 15.2. The Kier molecular flexibility index (Phi) is 6.29. The van der Waals surface area contributed by atoms with Crippen LogP contribution in [-0.2, 0) is 10.0 Å². The third kappa shape index (κ3) is 4.46. The molecule has 1 N–H and O–H groups in total. The van der Waals surface area contributed by atoms with E-state index in [0.29, 0.717) is 18.8 Å². The van der Waals surface area contributed by atoms with Gasteiger partial charge in [0.25, 0.3) is 5.91 Å². The average molecular weight is 417 g/mol. The predicted molar refractivity (Wildman–Crippen MR) is 114 cm³/mol. The van der Waals surface area contributed by atoms with Crippen LogP contribution in [0.4, 0.5) is 5.69 Å². The molecule has 1 saturated heterocycles. The highest BCUT2D eigenvalue weighted by atomic mass is 32.2. The third-order valence-corrected chi connectivity index (χ3v) is 7.18. The van der Waals surface area contributed by atoms with Crippen molar-refractivity contribution >= 4 is 21.6 Å². The van der Waals surface area contributed by atoms with Gasteiger partial charge in [-0.3, -0.25) is 4.79 Å². The summed E-state index contributed by atoms with van der Waals surface area (Å²) in [6.45, 7) is 6.90. The molecule has 1 aliphatic rings. The summed E-state index contributed by atoms with van der Waals surface area (Å²) in [5.74, 6) is -0.0601. The van der Waals surface area contributed by atoms with Gasteiger partial charge < -0.3 is 10.1 Å². The molecule has 6 nitrogen and oxygen atoms in total. The van der Waals surface area contributed by atoms with Crippen LogP contribution >= 0.6 is 0 Å². The van der Waals surface area contributed by atoms with E-state index in [-0.39, 0.29) is 10.5 Å². The van der Waals surface area contributed by atoms with E-state index in [9.17, 15) is 13.2 Å². The van der Waals surface area contributed by atoms with Crippen LogP contribution < -0.4 is 10.1 Å². The number of amides is 1. The lowest BCUT2D eigenvalue weighted by atomic mass is 10.0. The van der Waals surface area contributed by atoms with E-state index in [1.165, 1.54) is 23.5 Å². The van der Waals surface area contributed by atoms with Crippen molar-refractivity contribution < 1.29 is 17.9 Å². The van der Waals surface area contributed by atoms with Gasteiger partial charge in [0.1, 0.15) is 5.75 Å². The van der Waals surface area contributed by atoms with Gasteiger partial charge in [-0.05, 0) is 62.9 Å². The summed E-state index contributed by atoms with van der Waals surface area (Å²) >= 11 is 0. The smallest absolute Gasteiger partial charge is 0.259 e. The molecule has 2 aromatic rings. The molecule has 29 heavy (non-hydrogen) atoms. The maximum atomic E-state index is 13.0. The maximum absolute atomic E-state index is 13.0. The molecule has 3 rings (SSSR count). The highest BCUT2D eigenvalue weighted by Gasteiger charge is 2.27. The molecule has 0 atom stereocenters. The molecule has 1 fully saturated rings. The molecule has 7 heteroatoms. The van der Waals surface area contributed by atoms with E-state index in [4.69, 9.17) is 4.74 Å². The number of aryl methyl sites for hydroxylation is 3. The number of piperidine rings is 1. The molecule has 0 radical (unpaired) electrons. The second-order valence-corrected chi connectivity index (χ2v) is 9.49. The van der Waals surface area contributed by atoms with Crippen molar-refractivity contribution in [3.8, 4) is 5.75 Å². The minimum absolute atomic E-state index is 0.114. The van der Waals surface area contributed by atoms with Gasteiger partial charge in [-0.2, -0.15) is 4.31 Å². The number of nitrogens with one attached hydrogen (secondary N) is 1. The summed E-state index contributed by atoms with van der Waals surface area (Å²) in [4.78, 5) is 13.2. The number of ether oxygens (including phenoxy) is 1. The number of benzene rings is 2. The van der Waals surface area contributed by atoms with Crippen LogP contribution in [-0.4, -0.2) is 38.8 Å². The first kappa shape index (κ1) is 21.3. The molecular weight excluding hydrogens is 388 g/mol.